The van der Waals surface area contributed by atoms with Crippen LogP contribution in [-0.2, 0) is 6.61 Å². The Morgan fingerprint density at radius 3 is 2.74 bits per heavy atom. The number of rotatable bonds is 3. The Morgan fingerprint density at radius 2 is 1.96 bits per heavy atom. The van der Waals surface area contributed by atoms with E-state index < -0.39 is 0 Å². The lowest BCUT2D eigenvalue weighted by Crippen LogP contribution is -1.84. The normalized spacial score (nSPS) is 11.2. The molecule has 0 amide bonds. The van der Waals surface area contributed by atoms with Crippen molar-refractivity contribution in [3.63, 3.8) is 0 Å². The van der Waals surface area contributed by atoms with Gasteiger partial charge in [-0.15, -0.1) is 11.3 Å². The maximum atomic E-state index is 13.9. The van der Waals surface area contributed by atoms with Crippen molar-refractivity contribution in [3.05, 3.63) is 70.9 Å². The molecule has 0 unspecified atom stereocenters. The van der Waals surface area contributed by atoms with E-state index in [0.29, 0.717) is 11.3 Å². The molecule has 114 valence electrons. The van der Waals surface area contributed by atoms with E-state index in [4.69, 9.17) is 0 Å². The van der Waals surface area contributed by atoms with Gasteiger partial charge >= 0.3 is 0 Å². The molecule has 0 atom stereocenters. The molecular weight excluding hydrogens is 311 g/mol. The lowest BCUT2D eigenvalue weighted by Gasteiger charge is -1.99. The second kappa shape index (κ2) is 5.61. The molecule has 0 bridgehead atoms. The zero-order valence-electron chi connectivity index (χ0n) is 12.1. The summed E-state index contributed by atoms with van der Waals surface area (Å²) in [5.74, 6) is -0.276. The van der Waals surface area contributed by atoms with Crippen molar-refractivity contribution in [2.45, 2.75) is 6.61 Å². The lowest BCUT2D eigenvalue weighted by atomic mass is 10.1. The van der Waals surface area contributed by atoms with E-state index >= 15 is 0 Å². The molecule has 0 saturated carbocycles. The number of fused-ring (bicyclic) bond motifs is 1. The molecule has 0 aliphatic heterocycles. The molecule has 4 rings (SSSR count). The predicted octanol–water partition coefficient (Wildman–Crippen LogP) is 4.36. The van der Waals surface area contributed by atoms with Gasteiger partial charge < -0.3 is 9.51 Å². The van der Waals surface area contributed by atoms with Gasteiger partial charge in [-0.25, -0.2) is 9.37 Å². The van der Waals surface area contributed by atoms with Gasteiger partial charge in [-0.1, -0.05) is 12.1 Å². The quantitative estimate of drug-likeness (QED) is 0.608. The van der Waals surface area contributed by atoms with Gasteiger partial charge in [-0.3, -0.25) is 0 Å². The van der Waals surface area contributed by atoms with Crippen molar-refractivity contribution in [2.75, 3.05) is 0 Å². The molecule has 23 heavy (non-hydrogen) atoms. The minimum Gasteiger partial charge on any atom is -0.391 e. The summed E-state index contributed by atoms with van der Waals surface area (Å²) in [5.41, 5.74) is 3.97. The number of halogens is 1. The third kappa shape index (κ3) is 2.54. The van der Waals surface area contributed by atoms with E-state index in [0.717, 1.165) is 21.7 Å². The average Bonchev–Trinajstić information content (AvgIpc) is 3.21. The largest absolute Gasteiger partial charge is 0.391 e. The van der Waals surface area contributed by atoms with Gasteiger partial charge in [0.25, 0.3) is 0 Å². The van der Waals surface area contributed by atoms with Gasteiger partial charge in [0, 0.05) is 22.8 Å². The minimum atomic E-state index is -0.276. The van der Waals surface area contributed by atoms with E-state index in [1.54, 1.807) is 18.2 Å². The fourth-order valence-corrected chi connectivity index (χ4v) is 3.33. The molecule has 0 fully saturated rings. The number of thiophene rings is 1. The first-order chi connectivity index (χ1) is 11.2. The van der Waals surface area contributed by atoms with E-state index in [1.807, 2.05) is 40.4 Å². The third-order valence-electron chi connectivity index (χ3n) is 3.74. The highest BCUT2D eigenvalue weighted by Crippen LogP contribution is 2.27. The maximum absolute atomic E-state index is 13.9. The summed E-state index contributed by atoms with van der Waals surface area (Å²) in [6.45, 7) is 0.0510. The first kappa shape index (κ1) is 14.1. The monoisotopic (exact) mass is 324 g/mol. The topological polar surface area (TPSA) is 37.5 Å². The van der Waals surface area contributed by atoms with Gasteiger partial charge in [-0.05, 0) is 46.8 Å². The summed E-state index contributed by atoms with van der Waals surface area (Å²) in [4.78, 5) is 5.41. The standard InChI is InChI=1S/C18H13FN2OS/c19-16-4-2-1-3-15(16)17-9-21-8-12(5-6-18(21)20-17)13-7-14(10-22)23-11-13/h1-9,11,22H,10H2. The summed E-state index contributed by atoms with van der Waals surface area (Å²) in [6.07, 6.45) is 3.80. The summed E-state index contributed by atoms with van der Waals surface area (Å²) >= 11 is 1.53. The van der Waals surface area contributed by atoms with Crippen LogP contribution >= 0.6 is 11.3 Å². The van der Waals surface area contributed by atoms with Crippen LogP contribution in [0.4, 0.5) is 4.39 Å². The average molecular weight is 324 g/mol. The van der Waals surface area contributed by atoms with E-state index in [-0.39, 0.29) is 12.4 Å². The second-order valence-corrected chi connectivity index (χ2v) is 6.24. The molecule has 0 radical (unpaired) electrons. The first-order valence-corrected chi connectivity index (χ1v) is 8.05. The van der Waals surface area contributed by atoms with Crippen LogP contribution in [0, 0.1) is 5.82 Å². The van der Waals surface area contributed by atoms with Gasteiger partial charge in [0.1, 0.15) is 11.5 Å². The highest BCUT2D eigenvalue weighted by atomic mass is 32.1. The van der Waals surface area contributed by atoms with Crippen LogP contribution in [0.15, 0.2) is 60.2 Å². The van der Waals surface area contributed by atoms with Gasteiger partial charge in [-0.2, -0.15) is 0 Å². The number of hydrogen-bond donors (Lipinski definition) is 1. The summed E-state index contributed by atoms with van der Waals surface area (Å²) in [7, 11) is 0. The van der Waals surface area contributed by atoms with Gasteiger partial charge in [0.05, 0.1) is 12.3 Å². The Hall–Kier alpha value is -2.50. The van der Waals surface area contributed by atoms with E-state index in [9.17, 15) is 9.50 Å². The second-order valence-electron chi connectivity index (χ2n) is 5.25. The molecule has 0 spiro atoms. The fourth-order valence-electron chi connectivity index (χ4n) is 2.58. The minimum absolute atomic E-state index is 0.0510. The molecule has 0 aliphatic rings. The summed E-state index contributed by atoms with van der Waals surface area (Å²) in [5, 5.41) is 11.2. The van der Waals surface area contributed by atoms with Crippen LogP contribution in [0.2, 0.25) is 0 Å². The van der Waals surface area contributed by atoms with Crippen LogP contribution < -0.4 is 0 Å². The summed E-state index contributed by atoms with van der Waals surface area (Å²) < 4.78 is 15.8. The predicted molar refractivity (Wildman–Crippen MR) is 89.8 cm³/mol. The van der Waals surface area contributed by atoms with Crippen molar-refractivity contribution in [3.8, 4) is 22.4 Å². The van der Waals surface area contributed by atoms with Crippen molar-refractivity contribution >= 4 is 17.0 Å². The van der Waals surface area contributed by atoms with Crippen molar-refractivity contribution in [1.29, 1.82) is 0 Å². The van der Waals surface area contributed by atoms with Gasteiger partial charge in [0.15, 0.2) is 0 Å². The van der Waals surface area contributed by atoms with Crippen molar-refractivity contribution < 1.29 is 9.50 Å². The molecule has 3 heterocycles. The third-order valence-corrected chi connectivity index (χ3v) is 4.67. The number of aromatic nitrogens is 2. The lowest BCUT2D eigenvalue weighted by molar-refractivity contribution is 0.285. The Morgan fingerprint density at radius 1 is 1.09 bits per heavy atom. The number of pyridine rings is 1. The summed E-state index contributed by atoms with van der Waals surface area (Å²) in [6, 6.07) is 12.5. The highest BCUT2D eigenvalue weighted by molar-refractivity contribution is 7.10. The van der Waals surface area contributed by atoms with Crippen LogP contribution in [0.5, 0.6) is 0 Å². The van der Waals surface area contributed by atoms with Crippen molar-refractivity contribution in [1.82, 2.24) is 9.38 Å². The van der Waals surface area contributed by atoms with Gasteiger partial charge in [0.2, 0.25) is 0 Å². The number of nitrogens with zero attached hydrogens (tertiary/aromatic N) is 2. The van der Waals surface area contributed by atoms with Crippen LogP contribution in [0.3, 0.4) is 0 Å². The fraction of sp³-hybridized carbons (Fsp3) is 0.0556. The molecule has 0 aliphatic carbocycles. The number of aliphatic hydroxyl groups is 1. The van der Waals surface area contributed by atoms with E-state index in [2.05, 4.69) is 4.98 Å². The van der Waals surface area contributed by atoms with Crippen molar-refractivity contribution in [2.24, 2.45) is 0 Å². The molecule has 0 saturated heterocycles. The molecule has 3 nitrogen and oxygen atoms in total. The van der Waals surface area contributed by atoms with Crippen LogP contribution in [-0.4, -0.2) is 14.5 Å². The first-order valence-electron chi connectivity index (χ1n) is 7.17. The number of imidazole rings is 1. The number of hydrogen-bond acceptors (Lipinski definition) is 3. The Balaban J connectivity index is 1.79. The smallest absolute Gasteiger partial charge is 0.137 e. The molecular formula is C18H13FN2OS. The molecule has 1 N–H and O–H groups in total. The Labute approximate surface area is 136 Å². The molecule has 3 aromatic heterocycles. The highest BCUT2D eigenvalue weighted by Gasteiger charge is 2.10. The van der Waals surface area contributed by atoms with E-state index in [1.165, 1.54) is 17.4 Å². The zero-order chi connectivity index (χ0) is 15.8. The molecule has 1 aromatic carbocycles. The maximum Gasteiger partial charge on any atom is 0.137 e. The SMILES string of the molecule is OCc1cc(-c2ccc3nc(-c4ccccc4F)cn3c2)cs1. The van der Waals surface area contributed by atoms with Crippen LogP contribution in [0.1, 0.15) is 4.88 Å². The molecule has 5 heteroatoms. The zero-order valence-corrected chi connectivity index (χ0v) is 12.9. The van der Waals surface area contributed by atoms with Crippen LogP contribution in [0.25, 0.3) is 28.0 Å². The number of benzene rings is 1. The number of aliphatic hydroxyl groups excluding tert-OH is 1. The Kier molecular flexibility index (Phi) is 3.44. The molecule has 4 aromatic rings. The Bertz CT molecular complexity index is 990.